The Morgan fingerprint density at radius 3 is 2.39 bits per heavy atom. The van der Waals surface area contributed by atoms with Crippen molar-refractivity contribution in [3.63, 3.8) is 0 Å². The molecule has 2 heterocycles. The number of esters is 1. The number of nitrogens with one attached hydrogen (secondary N) is 1. The van der Waals surface area contributed by atoms with Gasteiger partial charge in [0, 0.05) is 0 Å². The van der Waals surface area contributed by atoms with Gasteiger partial charge < -0.3 is 28.7 Å². The molecule has 0 saturated carbocycles. The van der Waals surface area contributed by atoms with E-state index in [0.29, 0.717) is 22.8 Å². The van der Waals surface area contributed by atoms with Crippen molar-refractivity contribution < 1.29 is 37.7 Å². The smallest absolute Gasteiger partial charge is 0.373 e. The van der Waals surface area contributed by atoms with Gasteiger partial charge in [-0.3, -0.25) is 9.69 Å². The number of carbonyl (C=O) groups is 3. The molecular formula is C23H26N2O8. The van der Waals surface area contributed by atoms with Crippen LogP contribution in [0.4, 0.5) is 4.79 Å². The molecule has 33 heavy (non-hydrogen) atoms. The summed E-state index contributed by atoms with van der Waals surface area (Å²) in [5, 5.41) is 2.55. The van der Waals surface area contributed by atoms with Gasteiger partial charge in [-0.1, -0.05) is 6.92 Å². The molecule has 1 aromatic carbocycles. The quantitative estimate of drug-likeness (QED) is 0.345. The van der Waals surface area contributed by atoms with E-state index in [1.807, 2.05) is 13.8 Å². The lowest BCUT2D eigenvalue weighted by atomic mass is 10.1. The first-order valence-corrected chi connectivity index (χ1v) is 10.2. The fourth-order valence-electron chi connectivity index (χ4n) is 3.10. The van der Waals surface area contributed by atoms with Crippen molar-refractivity contribution in [3.05, 3.63) is 47.0 Å². The van der Waals surface area contributed by atoms with Crippen molar-refractivity contribution in [1.82, 2.24) is 10.2 Å². The molecule has 10 nitrogen and oxygen atoms in total. The summed E-state index contributed by atoms with van der Waals surface area (Å²) in [4.78, 5) is 37.7. The first-order valence-electron chi connectivity index (χ1n) is 10.2. The third kappa shape index (κ3) is 5.11. The molecule has 3 amide bonds. The third-order valence-corrected chi connectivity index (χ3v) is 5.01. The van der Waals surface area contributed by atoms with E-state index in [4.69, 9.17) is 18.6 Å². The Kier molecular flexibility index (Phi) is 7.27. The number of amides is 3. The maximum atomic E-state index is 12.8. The van der Waals surface area contributed by atoms with Gasteiger partial charge in [0.2, 0.25) is 11.5 Å². The summed E-state index contributed by atoms with van der Waals surface area (Å²) in [5.41, 5.74) is 0.635. The van der Waals surface area contributed by atoms with E-state index in [-0.39, 0.29) is 29.9 Å². The second-order valence-corrected chi connectivity index (χ2v) is 7.23. The van der Waals surface area contributed by atoms with Crippen LogP contribution >= 0.6 is 0 Å². The van der Waals surface area contributed by atoms with Crippen LogP contribution in [0.25, 0.3) is 6.08 Å². The lowest BCUT2D eigenvalue weighted by Gasteiger charge is -2.19. The van der Waals surface area contributed by atoms with Gasteiger partial charge in [0.15, 0.2) is 11.5 Å². The number of furan rings is 1. The van der Waals surface area contributed by atoms with Crippen LogP contribution in [0.2, 0.25) is 0 Å². The molecule has 176 valence electrons. The fraction of sp³-hybridized carbons (Fsp3) is 0.348. The molecule has 1 N–H and O–H groups in total. The van der Waals surface area contributed by atoms with Crippen molar-refractivity contribution in [2.24, 2.45) is 0 Å². The van der Waals surface area contributed by atoms with Crippen molar-refractivity contribution in [2.45, 2.75) is 32.9 Å². The molecule has 0 spiro atoms. The molecule has 1 fully saturated rings. The molecule has 1 aliphatic rings. The molecule has 0 aliphatic carbocycles. The number of methoxy groups -OCH3 is 3. The van der Waals surface area contributed by atoms with Crippen molar-refractivity contribution in [2.75, 3.05) is 21.3 Å². The second kappa shape index (κ2) is 10.1. The van der Waals surface area contributed by atoms with E-state index in [1.165, 1.54) is 39.5 Å². The Morgan fingerprint density at radius 1 is 1.15 bits per heavy atom. The number of carbonyl (C=O) groups excluding carboxylic acids is 3. The van der Waals surface area contributed by atoms with E-state index < -0.39 is 17.9 Å². The number of ether oxygens (including phenoxy) is 4. The van der Waals surface area contributed by atoms with Gasteiger partial charge in [-0.15, -0.1) is 0 Å². The molecule has 1 aliphatic heterocycles. The van der Waals surface area contributed by atoms with E-state index >= 15 is 0 Å². The van der Waals surface area contributed by atoms with Crippen LogP contribution < -0.4 is 19.5 Å². The Labute approximate surface area is 191 Å². The zero-order chi connectivity index (χ0) is 24.1. The lowest BCUT2D eigenvalue weighted by Crippen LogP contribution is -2.30. The number of urea groups is 1. The number of imide groups is 1. The van der Waals surface area contributed by atoms with Crippen LogP contribution in [-0.4, -0.2) is 50.2 Å². The van der Waals surface area contributed by atoms with Crippen molar-refractivity contribution in [1.29, 1.82) is 0 Å². The number of rotatable bonds is 9. The highest BCUT2D eigenvalue weighted by Crippen LogP contribution is 2.40. The highest BCUT2D eigenvalue weighted by atomic mass is 16.5. The molecule has 1 aromatic heterocycles. The van der Waals surface area contributed by atoms with E-state index in [2.05, 4.69) is 10.1 Å². The van der Waals surface area contributed by atoms with Crippen molar-refractivity contribution in [3.8, 4) is 17.2 Å². The summed E-state index contributed by atoms with van der Waals surface area (Å²) in [5.74, 6) is 0.363. The van der Waals surface area contributed by atoms with Gasteiger partial charge >= 0.3 is 12.0 Å². The third-order valence-electron chi connectivity index (χ3n) is 5.01. The van der Waals surface area contributed by atoms with Crippen LogP contribution in [0, 0.1) is 0 Å². The zero-order valence-corrected chi connectivity index (χ0v) is 19.1. The average molecular weight is 458 g/mol. The standard InChI is InChI=1S/C23H26N2O8/c1-6-13(2)32-20-18(29-3)10-14(11-19(20)30-4)9-16-21(26)25(23(28)24-16)12-15-7-8-17(33-15)22(27)31-5/h7-11,13H,6,12H2,1-5H3,(H,24,28)/b16-9-/t13-/m0/s1. The minimum Gasteiger partial charge on any atom is -0.493 e. The molecular weight excluding hydrogens is 432 g/mol. The number of benzene rings is 1. The molecule has 2 aromatic rings. The Bertz CT molecular complexity index is 1060. The summed E-state index contributed by atoms with van der Waals surface area (Å²) >= 11 is 0. The number of nitrogens with zero attached hydrogens (tertiary/aromatic N) is 1. The Morgan fingerprint density at radius 2 is 1.82 bits per heavy atom. The van der Waals surface area contributed by atoms with Crippen molar-refractivity contribution >= 4 is 24.0 Å². The first-order chi connectivity index (χ1) is 15.8. The minimum atomic E-state index is -0.650. The van der Waals surface area contributed by atoms with Gasteiger partial charge in [0.05, 0.1) is 34.0 Å². The van der Waals surface area contributed by atoms with Crippen LogP contribution in [0.5, 0.6) is 17.2 Å². The maximum absolute atomic E-state index is 12.8. The number of hydrogen-bond donors (Lipinski definition) is 1. The fourth-order valence-corrected chi connectivity index (χ4v) is 3.10. The molecule has 1 saturated heterocycles. The maximum Gasteiger partial charge on any atom is 0.373 e. The predicted octanol–water partition coefficient (Wildman–Crippen LogP) is 3.35. The van der Waals surface area contributed by atoms with Gasteiger partial charge in [-0.2, -0.15) is 0 Å². The van der Waals surface area contributed by atoms with Gasteiger partial charge in [0.1, 0.15) is 11.5 Å². The monoisotopic (exact) mass is 458 g/mol. The molecule has 10 heteroatoms. The summed E-state index contributed by atoms with van der Waals surface area (Å²) in [6.07, 6.45) is 2.26. The summed E-state index contributed by atoms with van der Waals surface area (Å²) < 4.78 is 26.8. The van der Waals surface area contributed by atoms with E-state index in [0.717, 1.165) is 11.3 Å². The average Bonchev–Trinajstić information content (AvgIpc) is 3.39. The highest BCUT2D eigenvalue weighted by Gasteiger charge is 2.34. The van der Waals surface area contributed by atoms with Gasteiger partial charge in [-0.05, 0) is 49.2 Å². The summed E-state index contributed by atoms with van der Waals surface area (Å²) in [6, 6.07) is 5.67. The lowest BCUT2D eigenvalue weighted by molar-refractivity contribution is -0.123. The Balaban J connectivity index is 1.85. The highest BCUT2D eigenvalue weighted by molar-refractivity contribution is 6.13. The normalized spacial score (nSPS) is 15.4. The van der Waals surface area contributed by atoms with Crippen LogP contribution in [0.3, 0.4) is 0 Å². The SMILES string of the molecule is CC[C@H](C)Oc1c(OC)cc(/C=C2\NC(=O)N(Cc3ccc(C(=O)OC)o3)C2=O)cc1OC. The molecule has 0 bridgehead atoms. The topological polar surface area (TPSA) is 117 Å². The molecule has 3 rings (SSSR count). The zero-order valence-electron chi connectivity index (χ0n) is 19.1. The Hall–Kier alpha value is -3.95. The van der Waals surface area contributed by atoms with Crippen LogP contribution in [0.1, 0.15) is 42.1 Å². The second-order valence-electron chi connectivity index (χ2n) is 7.23. The minimum absolute atomic E-state index is 0.0193. The largest absolute Gasteiger partial charge is 0.493 e. The van der Waals surface area contributed by atoms with Crippen LogP contribution in [0.15, 0.2) is 34.4 Å². The van der Waals surface area contributed by atoms with Gasteiger partial charge in [-0.25, -0.2) is 9.59 Å². The molecule has 1 atom stereocenters. The van der Waals surface area contributed by atoms with E-state index in [9.17, 15) is 14.4 Å². The molecule has 0 radical (unpaired) electrons. The summed E-state index contributed by atoms with van der Waals surface area (Å²) in [7, 11) is 4.24. The number of hydrogen-bond acceptors (Lipinski definition) is 8. The van der Waals surface area contributed by atoms with Crippen LogP contribution in [-0.2, 0) is 16.1 Å². The predicted molar refractivity (Wildman–Crippen MR) is 117 cm³/mol. The first kappa shape index (κ1) is 23.7. The molecule has 0 unspecified atom stereocenters. The van der Waals surface area contributed by atoms with E-state index in [1.54, 1.807) is 12.1 Å². The summed E-state index contributed by atoms with van der Waals surface area (Å²) in [6.45, 7) is 3.79. The van der Waals surface area contributed by atoms with Gasteiger partial charge in [0.25, 0.3) is 5.91 Å².